The van der Waals surface area contributed by atoms with E-state index in [0.29, 0.717) is 5.56 Å². The Morgan fingerprint density at radius 1 is 1.14 bits per heavy atom. The Morgan fingerprint density at radius 3 is 2.52 bits per heavy atom. The van der Waals surface area contributed by atoms with E-state index >= 15 is 0 Å². The van der Waals surface area contributed by atoms with Crippen molar-refractivity contribution in [1.29, 1.82) is 0 Å². The van der Waals surface area contributed by atoms with Gasteiger partial charge < -0.3 is 10.6 Å². The largest absolute Gasteiger partial charge is 0.333 e. The molecule has 2 aromatic rings. The summed E-state index contributed by atoms with van der Waals surface area (Å²) >= 11 is 0. The van der Waals surface area contributed by atoms with Gasteiger partial charge in [0, 0.05) is 11.3 Å². The zero-order valence-electron chi connectivity index (χ0n) is 11.6. The van der Waals surface area contributed by atoms with Crippen molar-refractivity contribution < 1.29 is 18.9 Å². The SMILES string of the molecule is C[C@H]([NH2+]CC(=O)Nc1ccccc1)c1ccc(F)c(F)c1. The molecule has 0 aliphatic rings. The second-order valence-corrected chi connectivity index (χ2v) is 4.82. The molecule has 2 aromatic carbocycles. The lowest BCUT2D eigenvalue weighted by Gasteiger charge is -2.11. The van der Waals surface area contributed by atoms with Crippen LogP contribution in [0.5, 0.6) is 0 Å². The maximum atomic E-state index is 13.2. The first kappa shape index (κ1) is 15.1. The van der Waals surface area contributed by atoms with Gasteiger partial charge in [-0.25, -0.2) is 8.78 Å². The quantitative estimate of drug-likeness (QED) is 0.872. The van der Waals surface area contributed by atoms with Gasteiger partial charge in [0.15, 0.2) is 18.2 Å². The molecule has 0 saturated carbocycles. The molecule has 1 amide bonds. The minimum Gasteiger partial charge on any atom is -0.333 e. The van der Waals surface area contributed by atoms with Crippen molar-refractivity contribution in [3.8, 4) is 0 Å². The lowest BCUT2D eigenvalue weighted by atomic mass is 10.1. The fourth-order valence-electron chi connectivity index (χ4n) is 1.95. The highest BCUT2D eigenvalue weighted by atomic mass is 19.2. The zero-order chi connectivity index (χ0) is 15.2. The number of benzene rings is 2. The Bertz CT molecular complexity index is 617. The Balaban J connectivity index is 1.87. The van der Waals surface area contributed by atoms with Crippen LogP contribution in [-0.2, 0) is 4.79 Å². The summed E-state index contributed by atoms with van der Waals surface area (Å²) in [6.45, 7) is 2.04. The predicted octanol–water partition coefficient (Wildman–Crippen LogP) is 2.23. The molecular formula is C16H17F2N2O+. The molecule has 0 aliphatic heterocycles. The molecule has 0 aromatic heterocycles. The first-order valence-corrected chi connectivity index (χ1v) is 6.69. The van der Waals surface area contributed by atoms with E-state index in [2.05, 4.69) is 5.32 Å². The van der Waals surface area contributed by atoms with Gasteiger partial charge in [0.2, 0.25) is 0 Å². The number of nitrogens with two attached hydrogens (primary N) is 1. The molecule has 1 atom stereocenters. The minimum atomic E-state index is -0.874. The Labute approximate surface area is 122 Å². The Kier molecular flexibility index (Phi) is 5.00. The van der Waals surface area contributed by atoms with E-state index in [4.69, 9.17) is 0 Å². The third kappa shape index (κ3) is 4.36. The summed E-state index contributed by atoms with van der Waals surface area (Å²) in [7, 11) is 0. The van der Waals surface area contributed by atoms with Crippen LogP contribution in [0.3, 0.4) is 0 Å². The number of nitrogens with one attached hydrogen (secondary N) is 1. The van der Waals surface area contributed by atoms with Crippen LogP contribution >= 0.6 is 0 Å². The van der Waals surface area contributed by atoms with E-state index in [1.807, 2.05) is 25.1 Å². The first-order valence-electron chi connectivity index (χ1n) is 6.69. The van der Waals surface area contributed by atoms with Gasteiger partial charge in [0.25, 0.3) is 5.91 Å². The first-order chi connectivity index (χ1) is 10.1. The predicted molar refractivity (Wildman–Crippen MR) is 76.6 cm³/mol. The fourth-order valence-corrected chi connectivity index (χ4v) is 1.95. The number of quaternary nitrogens is 1. The van der Waals surface area contributed by atoms with Gasteiger partial charge >= 0.3 is 0 Å². The van der Waals surface area contributed by atoms with E-state index in [0.717, 1.165) is 17.8 Å². The molecule has 2 rings (SSSR count). The van der Waals surface area contributed by atoms with E-state index in [9.17, 15) is 13.6 Å². The number of hydrogen-bond donors (Lipinski definition) is 2. The number of rotatable bonds is 5. The molecule has 5 heteroatoms. The summed E-state index contributed by atoms with van der Waals surface area (Å²) in [5, 5.41) is 4.53. The van der Waals surface area contributed by atoms with Crippen molar-refractivity contribution in [2.24, 2.45) is 0 Å². The number of halogens is 2. The lowest BCUT2D eigenvalue weighted by Crippen LogP contribution is -2.86. The number of amides is 1. The van der Waals surface area contributed by atoms with Crippen LogP contribution in [0.4, 0.5) is 14.5 Å². The molecule has 0 heterocycles. The number of hydrogen-bond acceptors (Lipinski definition) is 1. The van der Waals surface area contributed by atoms with Gasteiger partial charge in [0.1, 0.15) is 6.04 Å². The summed E-state index contributed by atoms with van der Waals surface area (Å²) in [6, 6.07) is 12.8. The van der Waals surface area contributed by atoms with Crippen molar-refractivity contribution in [1.82, 2.24) is 0 Å². The molecule has 110 valence electrons. The van der Waals surface area contributed by atoms with E-state index in [1.54, 1.807) is 17.4 Å². The van der Waals surface area contributed by atoms with Crippen LogP contribution in [0.1, 0.15) is 18.5 Å². The van der Waals surface area contributed by atoms with Crippen molar-refractivity contribution in [2.45, 2.75) is 13.0 Å². The fraction of sp³-hybridized carbons (Fsp3) is 0.188. The number of carbonyl (C=O) groups excluding carboxylic acids is 1. The highest BCUT2D eigenvalue weighted by Crippen LogP contribution is 2.13. The maximum absolute atomic E-state index is 13.2. The second kappa shape index (κ2) is 6.95. The number of anilines is 1. The molecule has 0 unspecified atom stereocenters. The number of carbonyl (C=O) groups is 1. The summed E-state index contributed by atoms with van der Waals surface area (Å²) in [5.41, 5.74) is 1.37. The van der Waals surface area contributed by atoms with Gasteiger partial charge in [-0.2, -0.15) is 0 Å². The lowest BCUT2D eigenvalue weighted by molar-refractivity contribution is -0.682. The molecule has 3 nitrogen and oxygen atoms in total. The van der Waals surface area contributed by atoms with Crippen LogP contribution in [0.15, 0.2) is 48.5 Å². The normalized spacial score (nSPS) is 12.0. The van der Waals surface area contributed by atoms with Gasteiger partial charge in [-0.05, 0) is 37.3 Å². The molecule has 0 radical (unpaired) electrons. The zero-order valence-corrected chi connectivity index (χ0v) is 11.6. The monoisotopic (exact) mass is 291 g/mol. The van der Waals surface area contributed by atoms with Crippen LogP contribution in [0, 0.1) is 11.6 Å². The Morgan fingerprint density at radius 2 is 1.86 bits per heavy atom. The van der Waals surface area contributed by atoms with Crippen LogP contribution < -0.4 is 10.6 Å². The average molecular weight is 291 g/mol. The smallest absolute Gasteiger partial charge is 0.279 e. The highest BCUT2D eigenvalue weighted by molar-refractivity contribution is 5.91. The molecule has 21 heavy (non-hydrogen) atoms. The van der Waals surface area contributed by atoms with E-state index < -0.39 is 11.6 Å². The van der Waals surface area contributed by atoms with Crippen LogP contribution in [-0.4, -0.2) is 12.5 Å². The molecule has 0 aliphatic carbocycles. The molecular weight excluding hydrogens is 274 g/mol. The van der Waals surface area contributed by atoms with Gasteiger partial charge in [-0.15, -0.1) is 0 Å². The third-order valence-corrected chi connectivity index (χ3v) is 3.18. The van der Waals surface area contributed by atoms with E-state index in [-0.39, 0.29) is 18.5 Å². The topological polar surface area (TPSA) is 45.7 Å². The minimum absolute atomic E-state index is 0.137. The molecule has 3 N–H and O–H groups in total. The van der Waals surface area contributed by atoms with Crippen molar-refractivity contribution >= 4 is 11.6 Å². The van der Waals surface area contributed by atoms with E-state index in [1.165, 1.54) is 6.07 Å². The summed E-state index contributed by atoms with van der Waals surface area (Å²) in [5.74, 6) is -1.88. The van der Waals surface area contributed by atoms with Gasteiger partial charge in [-0.3, -0.25) is 4.79 Å². The second-order valence-electron chi connectivity index (χ2n) is 4.82. The molecule has 0 bridgehead atoms. The summed E-state index contributed by atoms with van der Waals surface area (Å²) < 4.78 is 26.0. The molecule has 0 saturated heterocycles. The summed E-state index contributed by atoms with van der Waals surface area (Å²) in [6.07, 6.45) is 0. The van der Waals surface area contributed by atoms with Crippen molar-refractivity contribution in [2.75, 3.05) is 11.9 Å². The average Bonchev–Trinajstić information content (AvgIpc) is 2.48. The van der Waals surface area contributed by atoms with Gasteiger partial charge in [-0.1, -0.05) is 18.2 Å². The van der Waals surface area contributed by atoms with Crippen LogP contribution in [0.2, 0.25) is 0 Å². The van der Waals surface area contributed by atoms with Crippen molar-refractivity contribution in [3.63, 3.8) is 0 Å². The Hall–Kier alpha value is -2.27. The standard InChI is InChI=1S/C16H16F2N2O/c1-11(12-7-8-14(17)15(18)9-12)19-10-16(21)20-13-5-3-2-4-6-13/h2-9,11,19H,10H2,1H3,(H,20,21)/p+1/t11-/m0/s1. The summed E-state index contributed by atoms with van der Waals surface area (Å²) in [4.78, 5) is 11.8. The molecule has 0 fully saturated rings. The molecule has 0 spiro atoms. The van der Waals surface area contributed by atoms with Gasteiger partial charge in [0.05, 0.1) is 0 Å². The van der Waals surface area contributed by atoms with Crippen molar-refractivity contribution in [3.05, 3.63) is 65.7 Å². The van der Waals surface area contributed by atoms with Crippen LogP contribution in [0.25, 0.3) is 0 Å². The highest BCUT2D eigenvalue weighted by Gasteiger charge is 2.13. The third-order valence-electron chi connectivity index (χ3n) is 3.18. The number of para-hydroxylation sites is 1. The maximum Gasteiger partial charge on any atom is 0.279 e.